The molecule has 3 heterocycles. The van der Waals surface area contributed by atoms with Crippen LogP contribution in [0.3, 0.4) is 0 Å². The van der Waals surface area contributed by atoms with Crippen molar-refractivity contribution in [1.82, 2.24) is 9.47 Å². The summed E-state index contributed by atoms with van der Waals surface area (Å²) in [7, 11) is -3.45. The van der Waals surface area contributed by atoms with Crippen LogP contribution in [0.25, 0.3) is 5.69 Å². The molecule has 1 aromatic heterocycles. The van der Waals surface area contributed by atoms with Gasteiger partial charge in [-0.05, 0) is 62.4 Å². The predicted octanol–water partition coefficient (Wildman–Crippen LogP) is 5.20. The number of likely N-dealkylation sites (tertiary alicyclic amines) is 1. The molecule has 190 valence electrons. The van der Waals surface area contributed by atoms with Crippen LogP contribution in [-0.2, 0) is 21.6 Å². The number of nitrogens with zero attached hydrogens (tertiary/aromatic N) is 2. The molecule has 0 atom stereocenters. The van der Waals surface area contributed by atoms with Crippen LogP contribution in [0.5, 0.6) is 5.75 Å². The molecule has 1 amide bonds. The van der Waals surface area contributed by atoms with Gasteiger partial charge in [-0.25, -0.2) is 8.42 Å². The van der Waals surface area contributed by atoms with Gasteiger partial charge in [0.25, 0.3) is 5.91 Å². The van der Waals surface area contributed by atoms with Crippen molar-refractivity contribution < 1.29 is 31.1 Å². The van der Waals surface area contributed by atoms with Crippen molar-refractivity contribution in [1.29, 1.82) is 0 Å². The van der Waals surface area contributed by atoms with E-state index in [4.69, 9.17) is 4.74 Å². The average molecular weight is 519 g/mol. The van der Waals surface area contributed by atoms with Crippen molar-refractivity contribution in [3.05, 3.63) is 77.6 Å². The molecule has 0 saturated carbocycles. The molecular weight excluding hydrogens is 493 g/mol. The Morgan fingerprint density at radius 2 is 1.61 bits per heavy atom. The lowest BCUT2D eigenvalue weighted by molar-refractivity contribution is -0.143. The third-order valence-electron chi connectivity index (χ3n) is 6.96. The molecule has 0 radical (unpaired) electrons. The molecular formula is C26H25F3N2O4S. The molecule has 2 aliphatic rings. The number of carbonyl (C=O) groups is 1. The molecule has 0 aliphatic carbocycles. The first-order chi connectivity index (χ1) is 16.9. The zero-order valence-electron chi connectivity index (χ0n) is 19.7. The van der Waals surface area contributed by atoms with Gasteiger partial charge in [0, 0.05) is 31.5 Å². The van der Waals surface area contributed by atoms with Crippen LogP contribution in [0.2, 0.25) is 0 Å². The standard InChI is InChI=1S/C26H25F3N2O4S/c1-17(2)36(33,34)19-9-7-18(8-10-19)24(32)30-15-13-25(14-16-30)22-11-12-23(26(27,28)29)31(22)20-5-3-4-6-21(20)35-25/h3-12,17H,13-16H2,1-2H3. The van der Waals surface area contributed by atoms with E-state index >= 15 is 0 Å². The smallest absolute Gasteiger partial charge is 0.431 e. The van der Waals surface area contributed by atoms with Gasteiger partial charge in [-0.2, -0.15) is 13.2 Å². The van der Waals surface area contributed by atoms with Gasteiger partial charge in [-0.15, -0.1) is 0 Å². The number of rotatable bonds is 3. The second-order valence-corrected chi connectivity index (χ2v) is 11.9. The van der Waals surface area contributed by atoms with Crippen LogP contribution in [0.4, 0.5) is 13.2 Å². The monoisotopic (exact) mass is 518 g/mol. The fourth-order valence-electron chi connectivity index (χ4n) is 4.94. The predicted molar refractivity (Wildman–Crippen MR) is 127 cm³/mol. The maximum atomic E-state index is 13.8. The fraction of sp³-hybridized carbons (Fsp3) is 0.346. The summed E-state index contributed by atoms with van der Waals surface area (Å²) in [6.07, 6.45) is -3.90. The van der Waals surface area contributed by atoms with Crippen LogP contribution in [0.15, 0.2) is 65.6 Å². The summed E-state index contributed by atoms with van der Waals surface area (Å²) in [5, 5.41) is -0.574. The van der Waals surface area contributed by atoms with E-state index in [1.807, 2.05) is 0 Å². The van der Waals surface area contributed by atoms with E-state index < -0.39 is 32.6 Å². The number of aromatic nitrogens is 1. The number of hydrogen-bond acceptors (Lipinski definition) is 4. The first kappa shape index (κ1) is 24.4. The maximum absolute atomic E-state index is 13.8. The summed E-state index contributed by atoms with van der Waals surface area (Å²) in [6.45, 7) is 3.74. The molecule has 0 unspecified atom stereocenters. The number of alkyl halides is 3. The zero-order valence-corrected chi connectivity index (χ0v) is 20.6. The molecule has 2 aliphatic heterocycles. The quantitative estimate of drug-likeness (QED) is 0.478. The van der Waals surface area contributed by atoms with E-state index in [2.05, 4.69) is 0 Å². The number of para-hydroxylation sites is 2. The molecule has 3 aromatic rings. The van der Waals surface area contributed by atoms with Crippen molar-refractivity contribution in [2.75, 3.05) is 13.1 Å². The van der Waals surface area contributed by atoms with Crippen LogP contribution in [-0.4, -0.2) is 42.1 Å². The summed E-state index contributed by atoms with van der Waals surface area (Å²) >= 11 is 0. The molecule has 1 spiro atoms. The molecule has 0 N–H and O–H groups in total. The van der Waals surface area contributed by atoms with Crippen LogP contribution in [0, 0.1) is 0 Å². The van der Waals surface area contributed by atoms with Gasteiger partial charge in [0.1, 0.15) is 11.4 Å². The molecule has 0 bridgehead atoms. The lowest BCUT2D eigenvalue weighted by atomic mass is 9.86. The second-order valence-electron chi connectivity index (χ2n) is 9.41. The Morgan fingerprint density at radius 1 is 0.972 bits per heavy atom. The van der Waals surface area contributed by atoms with Crippen molar-refractivity contribution >= 4 is 15.7 Å². The van der Waals surface area contributed by atoms with E-state index in [1.165, 1.54) is 34.9 Å². The van der Waals surface area contributed by atoms with E-state index in [-0.39, 0.29) is 23.9 Å². The normalized spacial score (nSPS) is 17.0. The zero-order chi connectivity index (χ0) is 25.9. The van der Waals surface area contributed by atoms with Crippen LogP contribution >= 0.6 is 0 Å². The molecule has 6 nitrogen and oxygen atoms in total. The topological polar surface area (TPSA) is 68.6 Å². The lowest BCUT2D eigenvalue weighted by Crippen LogP contribution is -2.50. The first-order valence-corrected chi connectivity index (χ1v) is 13.2. The second kappa shape index (κ2) is 8.40. The Kier molecular flexibility index (Phi) is 5.70. The molecule has 36 heavy (non-hydrogen) atoms. The highest BCUT2D eigenvalue weighted by Gasteiger charge is 2.48. The Bertz CT molecular complexity index is 1420. The van der Waals surface area contributed by atoms with Crippen molar-refractivity contribution in [2.45, 2.75) is 48.6 Å². The fourth-order valence-corrected chi connectivity index (χ4v) is 6.00. The number of hydrogen-bond donors (Lipinski definition) is 0. The molecule has 5 rings (SSSR count). The maximum Gasteiger partial charge on any atom is 0.431 e. The Hall–Kier alpha value is -3.27. The van der Waals surface area contributed by atoms with E-state index in [9.17, 15) is 26.4 Å². The Balaban J connectivity index is 1.40. The lowest BCUT2D eigenvalue weighted by Gasteiger charge is -2.45. The van der Waals surface area contributed by atoms with Gasteiger partial charge in [-0.3, -0.25) is 4.79 Å². The molecule has 1 saturated heterocycles. The van der Waals surface area contributed by atoms with E-state index in [0.717, 1.165) is 6.07 Å². The van der Waals surface area contributed by atoms with Crippen molar-refractivity contribution in [3.8, 4) is 11.4 Å². The van der Waals surface area contributed by atoms with Gasteiger partial charge in [0.15, 0.2) is 15.4 Å². The number of benzene rings is 2. The van der Waals surface area contributed by atoms with Crippen LogP contribution < -0.4 is 4.74 Å². The van der Waals surface area contributed by atoms with Gasteiger partial charge >= 0.3 is 6.18 Å². The van der Waals surface area contributed by atoms with Crippen molar-refractivity contribution in [2.24, 2.45) is 0 Å². The SMILES string of the molecule is CC(C)S(=O)(=O)c1ccc(C(=O)N2CCC3(CC2)Oc2ccccc2-n2c(C(F)(F)F)ccc23)cc1. The van der Waals surface area contributed by atoms with Gasteiger partial charge in [0.2, 0.25) is 0 Å². The number of fused-ring (bicyclic) bond motifs is 4. The van der Waals surface area contributed by atoms with Gasteiger partial charge in [0.05, 0.1) is 21.5 Å². The number of sulfone groups is 1. The highest BCUT2D eigenvalue weighted by Crippen LogP contribution is 2.48. The van der Waals surface area contributed by atoms with E-state index in [0.29, 0.717) is 35.5 Å². The number of amides is 1. The van der Waals surface area contributed by atoms with E-state index in [1.54, 1.807) is 43.0 Å². The van der Waals surface area contributed by atoms with Crippen molar-refractivity contribution in [3.63, 3.8) is 0 Å². The molecule has 2 aromatic carbocycles. The number of piperidine rings is 1. The summed E-state index contributed by atoms with van der Waals surface area (Å²) in [5.74, 6) is 0.106. The van der Waals surface area contributed by atoms with Gasteiger partial charge in [-0.1, -0.05) is 12.1 Å². The molecule has 1 fully saturated rings. The minimum Gasteiger partial charge on any atom is -0.479 e. The summed E-state index contributed by atoms with van der Waals surface area (Å²) in [5.41, 5.74) is -0.646. The number of carbonyl (C=O) groups excluding carboxylic acids is 1. The third-order valence-corrected chi connectivity index (χ3v) is 9.13. The first-order valence-electron chi connectivity index (χ1n) is 11.7. The molecule has 10 heteroatoms. The highest BCUT2D eigenvalue weighted by molar-refractivity contribution is 7.92. The summed E-state index contributed by atoms with van der Waals surface area (Å²) in [6, 6.07) is 15.0. The summed E-state index contributed by atoms with van der Waals surface area (Å²) < 4.78 is 73.7. The highest BCUT2D eigenvalue weighted by atomic mass is 32.2. The minimum atomic E-state index is -4.53. The number of ether oxygens (including phenoxy) is 1. The van der Waals surface area contributed by atoms with Gasteiger partial charge < -0.3 is 14.2 Å². The average Bonchev–Trinajstić information content (AvgIpc) is 3.32. The summed E-state index contributed by atoms with van der Waals surface area (Å²) in [4.78, 5) is 14.9. The Morgan fingerprint density at radius 3 is 2.22 bits per heavy atom. The third kappa shape index (κ3) is 3.87. The van der Waals surface area contributed by atoms with Crippen LogP contribution in [0.1, 0.15) is 48.4 Å². The number of halogens is 3. The minimum absolute atomic E-state index is 0.155. The Labute approximate surface area is 207 Å². The largest absolute Gasteiger partial charge is 0.479 e.